The van der Waals surface area contributed by atoms with Crippen molar-refractivity contribution in [3.63, 3.8) is 0 Å². The predicted octanol–water partition coefficient (Wildman–Crippen LogP) is 18.9. The van der Waals surface area contributed by atoms with Crippen molar-refractivity contribution in [3.8, 4) is 0 Å². The first-order chi connectivity index (χ1) is 34.5. The van der Waals surface area contributed by atoms with Gasteiger partial charge < -0.3 is 19.8 Å². The molecule has 9 heteroatoms. The van der Waals surface area contributed by atoms with E-state index in [2.05, 4.69) is 43.5 Å². The number of unbranched alkanes of at least 4 members (excludes halogenated alkanes) is 40. The maximum atomic E-state index is 13.0. The van der Waals surface area contributed by atoms with Crippen LogP contribution in [0.1, 0.15) is 303 Å². The SMILES string of the molecule is CCCCCCCCCCCCCC/C=C/CC/C=C/CC/C=C/C(O)C(COP(=O)(O)OCC[N+](C)(C)C)NC(=O)CCCCCCCCCCCCCCCCCCCCCCCCCCCCC. The number of phosphoric acid groups is 1. The molecule has 0 aromatic rings. The number of phosphoric ester groups is 1. The fraction of sp³-hybridized carbons (Fsp3) is 0.887. The minimum Gasteiger partial charge on any atom is -0.387 e. The first-order valence-corrected chi connectivity index (χ1v) is 32.4. The molecule has 0 aliphatic heterocycles. The van der Waals surface area contributed by atoms with Crippen LogP contribution >= 0.6 is 7.82 Å². The maximum absolute atomic E-state index is 13.0. The van der Waals surface area contributed by atoms with Gasteiger partial charge in [-0.1, -0.05) is 288 Å². The first-order valence-electron chi connectivity index (χ1n) is 30.9. The van der Waals surface area contributed by atoms with Crippen LogP contribution in [-0.4, -0.2) is 73.4 Å². The average molecular weight is 1020 g/mol. The van der Waals surface area contributed by atoms with Gasteiger partial charge in [-0.25, -0.2) is 4.57 Å². The predicted molar refractivity (Wildman–Crippen MR) is 309 cm³/mol. The standard InChI is InChI=1S/C62H121N2O6P/c1-6-8-10-12-14-16-18-20-22-24-26-28-30-31-32-33-34-36-38-40-42-44-46-48-50-52-54-56-62(66)63-60(59-70-71(67,68)69-58-57-64(3,4)5)61(65)55-53-51-49-47-45-43-41-39-37-35-29-27-25-23-21-19-17-15-13-11-9-7-2/h37,39,45,47,53,55,60-61,65H,6-36,38,40-44,46,48-52,54,56-59H2,1-5H3,(H-,63,66,67,68)/p+1/b39-37+,47-45+,55-53+. The summed E-state index contributed by atoms with van der Waals surface area (Å²) in [5.41, 5.74) is 0. The molecule has 0 saturated heterocycles. The van der Waals surface area contributed by atoms with Crippen LogP contribution in [0.3, 0.4) is 0 Å². The summed E-state index contributed by atoms with van der Waals surface area (Å²) in [7, 11) is 1.56. The van der Waals surface area contributed by atoms with Gasteiger partial charge in [0, 0.05) is 6.42 Å². The number of quaternary nitrogens is 1. The molecule has 0 saturated carbocycles. The fourth-order valence-corrected chi connectivity index (χ4v) is 9.99. The number of amides is 1. The summed E-state index contributed by atoms with van der Waals surface area (Å²) in [6.45, 7) is 4.83. The van der Waals surface area contributed by atoms with Gasteiger partial charge in [0.1, 0.15) is 13.2 Å². The van der Waals surface area contributed by atoms with Crippen molar-refractivity contribution in [2.45, 2.75) is 315 Å². The van der Waals surface area contributed by atoms with E-state index >= 15 is 0 Å². The highest BCUT2D eigenvalue weighted by atomic mass is 31.2. The van der Waals surface area contributed by atoms with Gasteiger partial charge in [0.2, 0.25) is 5.91 Å². The molecule has 3 N–H and O–H groups in total. The number of likely N-dealkylation sites (N-methyl/N-ethyl adjacent to an activating group) is 1. The third kappa shape index (κ3) is 56.3. The molecule has 0 radical (unpaired) electrons. The highest BCUT2D eigenvalue weighted by Crippen LogP contribution is 2.43. The van der Waals surface area contributed by atoms with Crippen LogP contribution in [-0.2, 0) is 18.4 Å². The van der Waals surface area contributed by atoms with Crippen LogP contribution in [0.5, 0.6) is 0 Å². The van der Waals surface area contributed by atoms with Gasteiger partial charge in [0.05, 0.1) is 39.9 Å². The Morgan fingerprint density at radius 2 is 0.775 bits per heavy atom. The Bertz CT molecular complexity index is 1250. The molecule has 0 rings (SSSR count). The number of carbonyl (C=O) groups excluding carboxylic acids is 1. The van der Waals surface area contributed by atoms with Crippen molar-refractivity contribution in [1.82, 2.24) is 5.32 Å². The van der Waals surface area contributed by atoms with Crippen molar-refractivity contribution in [1.29, 1.82) is 0 Å². The van der Waals surface area contributed by atoms with Gasteiger partial charge in [-0.2, -0.15) is 0 Å². The third-order valence-corrected chi connectivity index (χ3v) is 15.1. The molecule has 3 atom stereocenters. The lowest BCUT2D eigenvalue weighted by Crippen LogP contribution is -2.45. The van der Waals surface area contributed by atoms with Crippen molar-refractivity contribution in [3.05, 3.63) is 36.5 Å². The zero-order valence-corrected chi connectivity index (χ0v) is 48.9. The highest BCUT2D eigenvalue weighted by molar-refractivity contribution is 7.47. The van der Waals surface area contributed by atoms with E-state index < -0.39 is 20.0 Å². The average Bonchev–Trinajstić information content (AvgIpc) is 3.33. The number of aliphatic hydroxyl groups excluding tert-OH is 1. The number of carbonyl (C=O) groups is 1. The topological polar surface area (TPSA) is 105 Å². The molecular formula is C62H122N2O6P+. The van der Waals surface area contributed by atoms with Crippen molar-refractivity contribution < 1.29 is 32.9 Å². The molecule has 71 heavy (non-hydrogen) atoms. The van der Waals surface area contributed by atoms with Crippen LogP contribution in [0.2, 0.25) is 0 Å². The molecule has 1 amide bonds. The molecule has 0 fully saturated rings. The summed E-state index contributed by atoms with van der Waals surface area (Å²) in [6.07, 6.45) is 69.8. The Morgan fingerprint density at radius 1 is 0.465 bits per heavy atom. The molecule has 420 valence electrons. The summed E-state index contributed by atoms with van der Waals surface area (Å²) in [5, 5.41) is 13.9. The van der Waals surface area contributed by atoms with Crippen molar-refractivity contribution in [2.75, 3.05) is 40.9 Å². The number of nitrogens with zero attached hydrogens (tertiary/aromatic N) is 1. The van der Waals surface area contributed by atoms with Crippen LogP contribution < -0.4 is 5.32 Å². The van der Waals surface area contributed by atoms with Crippen LogP contribution in [0.4, 0.5) is 0 Å². The third-order valence-electron chi connectivity index (χ3n) is 14.1. The lowest BCUT2D eigenvalue weighted by atomic mass is 10.0. The van der Waals surface area contributed by atoms with E-state index in [1.54, 1.807) is 6.08 Å². The van der Waals surface area contributed by atoms with E-state index in [0.717, 1.165) is 44.9 Å². The number of nitrogens with one attached hydrogen (secondary N) is 1. The summed E-state index contributed by atoms with van der Waals surface area (Å²) in [4.78, 5) is 23.3. The Kier molecular flexibility index (Phi) is 52.6. The van der Waals surface area contributed by atoms with Gasteiger partial charge in [-0.3, -0.25) is 13.8 Å². The molecule has 0 spiro atoms. The maximum Gasteiger partial charge on any atom is 0.472 e. The van der Waals surface area contributed by atoms with E-state index in [9.17, 15) is 19.4 Å². The minimum atomic E-state index is -4.36. The smallest absolute Gasteiger partial charge is 0.387 e. The highest BCUT2D eigenvalue weighted by Gasteiger charge is 2.27. The normalized spacial score (nSPS) is 14.1. The summed E-state index contributed by atoms with van der Waals surface area (Å²) >= 11 is 0. The lowest BCUT2D eigenvalue weighted by Gasteiger charge is -2.25. The van der Waals surface area contributed by atoms with Crippen LogP contribution in [0.15, 0.2) is 36.5 Å². The number of hydrogen-bond acceptors (Lipinski definition) is 5. The summed E-state index contributed by atoms with van der Waals surface area (Å²) < 4.78 is 23.7. The van der Waals surface area contributed by atoms with Gasteiger partial charge >= 0.3 is 7.82 Å². The number of hydrogen-bond donors (Lipinski definition) is 3. The number of rotatable bonds is 57. The van der Waals surface area contributed by atoms with Crippen molar-refractivity contribution in [2.24, 2.45) is 0 Å². The second-order valence-electron chi connectivity index (χ2n) is 22.4. The van der Waals surface area contributed by atoms with E-state index in [4.69, 9.17) is 9.05 Å². The molecule has 3 unspecified atom stereocenters. The molecule has 0 aromatic carbocycles. The fourth-order valence-electron chi connectivity index (χ4n) is 9.25. The van der Waals surface area contributed by atoms with E-state index in [1.165, 1.54) is 238 Å². The van der Waals surface area contributed by atoms with Crippen LogP contribution in [0.25, 0.3) is 0 Å². The Hall–Kier alpha value is -1.28. The summed E-state index contributed by atoms with van der Waals surface area (Å²) in [6, 6.07) is -0.868. The van der Waals surface area contributed by atoms with E-state index in [0.29, 0.717) is 17.4 Å². The molecule has 8 nitrogen and oxygen atoms in total. The number of allylic oxidation sites excluding steroid dienone is 5. The van der Waals surface area contributed by atoms with Crippen LogP contribution in [0, 0.1) is 0 Å². The molecule has 0 heterocycles. The zero-order chi connectivity index (χ0) is 52.0. The molecule has 0 aliphatic rings. The molecule has 0 bridgehead atoms. The Morgan fingerprint density at radius 3 is 1.13 bits per heavy atom. The quantitative estimate of drug-likeness (QED) is 0.0243. The monoisotopic (exact) mass is 1020 g/mol. The molecular weight excluding hydrogens is 900 g/mol. The van der Waals surface area contributed by atoms with Gasteiger partial charge in [-0.15, -0.1) is 0 Å². The second-order valence-corrected chi connectivity index (χ2v) is 23.9. The summed E-state index contributed by atoms with van der Waals surface area (Å²) in [5.74, 6) is -0.185. The lowest BCUT2D eigenvalue weighted by molar-refractivity contribution is -0.870. The Labute approximate surface area is 442 Å². The first kappa shape index (κ1) is 69.7. The van der Waals surface area contributed by atoms with Crippen molar-refractivity contribution >= 4 is 13.7 Å². The van der Waals surface area contributed by atoms with E-state index in [1.807, 2.05) is 27.2 Å². The Balaban J connectivity index is 4.18. The van der Waals surface area contributed by atoms with Gasteiger partial charge in [0.15, 0.2) is 0 Å². The van der Waals surface area contributed by atoms with E-state index in [-0.39, 0.29) is 19.1 Å². The largest absolute Gasteiger partial charge is 0.472 e. The molecule has 0 aromatic heterocycles. The molecule has 0 aliphatic carbocycles. The zero-order valence-electron chi connectivity index (χ0n) is 48.0. The number of aliphatic hydroxyl groups is 1. The van der Waals surface area contributed by atoms with Gasteiger partial charge in [0.25, 0.3) is 0 Å². The second kappa shape index (κ2) is 53.5. The minimum absolute atomic E-state index is 0.0552. The van der Waals surface area contributed by atoms with Gasteiger partial charge in [-0.05, 0) is 44.9 Å².